The fraction of sp³-hybridized carbons (Fsp3) is 0.500. The highest BCUT2D eigenvalue weighted by Crippen LogP contribution is 2.16. The number of nitrogens with one attached hydrogen (secondary N) is 1. The standard InChI is InChI=1S/C16H21BrN2O6/c1-16(2,3)25-15(24)19-12(14(22)23)7-9(13(20)21)6-11-5-4-10(17)8-18-11/h4-5,8-9,12H,6-7H2,1-3H3,(H,19,24)(H,20,21)(H,22,23)/t9?,12-/m0/s1. The van der Waals surface area contributed by atoms with E-state index in [-0.39, 0.29) is 12.8 Å². The van der Waals surface area contributed by atoms with E-state index >= 15 is 0 Å². The summed E-state index contributed by atoms with van der Waals surface area (Å²) in [5, 5.41) is 20.8. The fourth-order valence-corrected chi connectivity index (χ4v) is 2.24. The molecule has 0 spiro atoms. The predicted octanol–water partition coefficient (Wildman–Crippen LogP) is 2.46. The minimum atomic E-state index is -1.38. The Balaban J connectivity index is 2.80. The Morgan fingerprint density at radius 1 is 1.24 bits per heavy atom. The third-order valence-corrected chi connectivity index (χ3v) is 3.57. The van der Waals surface area contributed by atoms with Crippen LogP contribution in [0.4, 0.5) is 4.79 Å². The lowest BCUT2D eigenvalue weighted by Gasteiger charge is -2.23. The molecule has 1 rings (SSSR count). The Labute approximate surface area is 153 Å². The smallest absolute Gasteiger partial charge is 0.408 e. The van der Waals surface area contributed by atoms with Crippen molar-refractivity contribution in [2.75, 3.05) is 0 Å². The number of carboxylic acids is 2. The van der Waals surface area contributed by atoms with E-state index in [2.05, 4.69) is 26.2 Å². The summed E-state index contributed by atoms with van der Waals surface area (Å²) in [6.45, 7) is 4.92. The first-order valence-corrected chi connectivity index (χ1v) is 8.33. The van der Waals surface area contributed by atoms with Crippen molar-refractivity contribution >= 4 is 34.0 Å². The first kappa shape index (κ1) is 20.9. The van der Waals surface area contributed by atoms with E-state index in [1.807, 2.05) is 0 Å². The van der Waals surface area contributed by atoms with Crippen LogP contribution in [0.5, 0.6) is 0 Å². The molecule has 0 saturated carbocycles. The normalized spacial score (nSPS) is 13.6. The molecule has 8 nitrogen and oxygen atoms in total. The number of nitrogens with zero attached hydrogens (tertiary/aromatic N) is 1. The van der Waals surface area contributed by atoms with Gasteiger partial charge in [0, 0.05) is 22.8 Å². The summed E-state index contributed by atoms with van der Waals surface area (Å²) in [5.41, 5.74) is -0.280. The molecule has 0 saturated heterocycles. The van der Waals surface area contributed by atoms with Crippen molar-refractivity contribution in [3.8, 4) is 0 Å². The van der Waals surface area contributed by atoms with Gasteiger partial charge in [0.1, 0.15) is 11.6 Å². The number of carboxylic acid groups (broad SMARTS) is 2. The molecule has 25 heavy (non-hydrogen) atoms. The summed E-state index contributed by atoms with van der Waals surface area (Å²) in [6, 6.07) is 1.98. The molecule has 0 aromatic carbocycles. The summed E-state index contributed by atoms with van der Waals surface area (Å²) in [7, 11) is 0. The van der Waals surface area contributed by atoms with Gasteiger partial charge in [-0.15, -0.1) is 0 Å². The van der Waals surface area contributed by atoms with Crippen LogP contribution in [0.3, 0.4) is 0 Å². The summed E-state index contributed by atoms with van der Waals surface area (Å²) in [6.07, 6.45) is 0.372. The lowest BCUT2D eigenvalue weighted by atomic mass is 9.94. The molecule has 1 aromatic rings. The number of aromatic nitrogens is 1. The number of hydrogen-bond donors (Lipinski definition) is 3. The molecule has 1 amide bonds. The van der Waals surface area contributed by atoms with Crippen molar-refractivity contribution < 1.29 is 29.3 Å². The van der Waals surface area contributed by atoms with Crippen LogP contribution in [0.2, 0.25) is 0 Å². The van der Waals surface area contributed by atoms with Crippen LogP contribution in [0, 0.1) is 5.92 Å². The molecule has 2 atom stereocenters. The number of ether oxygens (including phenoxy) is 1. The molecule has 1 heterocycles. The maximum absolute atomic E-state index is 11.8. The summed E-state index contributed by atoms with van der Waals surface area (Å²) < 4.78 is 5.76. The topological polar surface area (TPSA) is 126 Å². The minimum absolute atomic E-state index is 0.0440. The van der Waals surface area contributed by atoms with E-state index in [4.69, 9.17) is 4.74 Å². The van der Waals surface area contributed by atoms with Crippen molar-refractivity contribution in [3.05, 3.63) is 28.5 Å². The van der Waals surface area contributed by atoms with Crippen LogP contribution in [0.15, 0.2) is 22.8 Å². The van der Waals surface area contributed by atoms with Gasteiger partial charge >= 0.3 is 18.0 Å². The van der Waals surface area contributed by atoms with Gasteiger partial charge in [0.25, 0.3) is 0 Å². The first-order valence-electron chi connectivity index (χ1n) is 7.53. The largest absolute Gasteiger partial charge is 0.481 e. The summed E-state index contributed by atoms with van der Waals surface area (Å²) in [5.74, 6) is -3.52. The molecule has 138 valence electrons. The van der Waals surface area contributed by atoms with E-state index in [1.54, 1.807) is 32.9 Å². The molecular weight excluding hydrogens is 396 g/mol. The second kappa shape index (κ2) is 8.80. The number of aliphatic carboxylic acids is 2. The number of alkyl carbamates (subject to hydrolysis) is 1. The van der Waals surface area contributed by atoms with Crippen molar-refractivity contribution in [1.29, 1.82) is 0 Å². The van der Waals surface area contributed by atoms with E-state index in [1.165, 1.54) is 6.20 Å². The Morgan fingerprint density at radius 2 is 1.88 bits per heavy atom. The lowest BCUT2D eigenvalue weighted by molar-refractivity contribution is -0.144. The molecule has 0 radical (unpaired) electrons. The monoisotopic (exact) mass is 416 g/mol. The number of rotatable bonds is 7. The van der Waals surface area contributed by atoms with Crippen molar-refractivity contribution in [2.45, 2.75) is 45.3 Å². The Bertz CT molecular complexity index is 627. The maximum Gasteiger partial charge on any atom is 0.408 e. The van der Waals surface area contributed by atoms with Gasteiger partial charge in [0.05, 0.1) is 5.92 Å². The molecule has 0 fully saturated rings. The SMILES string of the molecule is CC(C)(C)OC(=O)N[C@@H](CC(Cc1ccc(Br)cn1)C(=O)O)C(=O)O. The molecule has 0 aliphatic rings. The third-order valence-electron chi connectivity index (χ3n) is 3.10. The Morgan fingerprint density at radius 3 is 2.32 bits per heavy atom. The van der Waals surface area contributed by atoms with Gasteiger partial charge in [-0.05, 0) is 55.3 Å². The van der Waals surface area contributed by atoms with Crippen molar-refractivity contribution in [2.24, 2.45) is 5.92 Å². The Kier molecular flexibility index (Phi) is 7.35. The van der Waals surface area contributed by atoms with Crippen LogP contribution in [0.25, 0.3) is 0 Å². The number of hydrogen-bond acceptors (Lipinski definition) is 5. The number of pyridine rings is 1. The molecule has 3 N–H and O–H groups in total. The van der Waals surface area contributed by atoms with Gasteiger partial charge in [-0.2, -0.15) is 0 Å². The molecule has 1 unspecified atom stereocenters. The van der Waals surface area contributed by atoms with Gasteiger partial charge in [-0.25, -0.2) is 9.59 Å². The van der Waals surface area contributed by atoms with Crippen LogP contribution < -0.4 is 5.32 Å². The molecular formula is C16H21BrN2O6. The predicted molar refractivity (Wildman–Crippen MR) is 92.2 cm³/mol. The van der Waals surface area contributed by atoms with Crippen molar-refractivity contribution in [3.63, 3.8) is 0 Å². The van der Waals surface area contributed by atoms with Crippen LogP contribution in [-0.2, 0) is 20.7 Å². The fourth-order valence-electron chi connectivity index (χ4n) is 2.01. The maximum atomic E-state index is 11.8. The average molecular weight is 417 g/mol. The Hall–Kier alpha value is -2.16. The zero-order chi connectivity index (χ0) is 19.2. The minimum Gasteiger partial charge on any atom is -0.481 e. The highest BCUT2D eigenvalue weighted by atomic mass is 79.9. The second-order valence-corrected chi connectivity index (χ2v) is 7.40. The summed E-state index contributed by atoms with van der Waals surface area (Å²) >= 11 is 3.23. The molecule has 0 aliphatic heterocycles. The van der Waals surface area contributed by atoms with Gasteiger partial charge < -0.3 is 20.3 Å². The average Bonchev–Trinajstić information content (AvgIpc) is 2.45. The molecule has 9 heteroatoms. The first-order chi connectivity index (χ1) is 11.5. The highest BCUT2D eigenvalue weighted by molar-refractivity contribution is 9.10. The van der Waals surface area contributed by atoms with Crippen LogP contribution in [0.1, 0.15) is 32.9 Å². The van der Waals surface area contributed by atoms with E-state index in [9.17, 15) is 24.6 Å². The van der Waals surface area contributed by atoms with E-state index < -0.39 is 35.6 Å². The lowest BCUT2D eigenvalue weighted by Crippen LogP contribution is -2.45. The number of carbonyl (C=O) groups is 3. The zero-order valence-corrected chi connectivity index (χ0v) is 15.7. The van der Waals surface area contributed by atoms with Crippen LogP contribution >= 0.6 is 15.9 Å². The van der Waals surface area contributed by atoms with Gasteiger partial charge in [0.15, 0.2) is 0 Å². The third kappa shape index (κ3) is 7.97. The van der Waals surface area contributed by atoms with Gasteiger partial charge in [0.2, 0.25) is 0 Å². The second-order valence-electron chi connectivity index (χ2n) is 6.48. The van der Waals surface area contributed by atoms with Crippen LogP contribution in [-0.4, -0.2) is 44.9 Å². The molecule has 0 bridgehead atoms. The van der Waals surface area contributed by atoms with Crippen molar-refractivity contribution in [1.82, 2.24) is 10.3 Å². The summed E-state index contributed by atoms with van der Waals surface area (Å²) in [4.78, 5) is 38.7. The number of amides is 1. The highest BCUT2D eigenvalue weighted by Gasteiger charge is 2.30. The quantitative estimate of drug-likeness (QED) is 0.622. The zero-order valence-electron chi connectivity index (χ0n) is 14.2. The molecule has 0 aliphatic carbocycles. The van der Waals surface area contributed by atoms with E-state index in [0.717, 1.165) is 4.47 Å². The molecule has 1 aromatic heterocycles. The number of halogens is 1. The van der Waals surface area contributed by atoms with E-state index in [0.29, 0.717) is 5.69 Å². The van der Waals surface area contributed by atoms with Gasteiger partial charge in [-0.1, -0.05) is 0 Å². The number of carbonyl (C=O) groups excluding carboxylic acids is 1. The van der Waals surface area contributed by atoms with Gasteiger partial charge in [-0.3, -0.25) is 9.78 Å².